The number of nitrogens with one attached hydrogen (secondary N) is 1. The lowest BCUT2D eigenvalue weighted by Gasteiger charge is -2.21. The van der Waals surface area contributed by atoms with E-state index in [2.05, 4.69) is 26.3 Å². The number of aromatic nitrogens is 3. The maximum Gasteiger partial charge on any atom is 0.224 e. The van der Waals surface area contributed by atoms with Crippen molar-refractivity contribution in [1.82, 2.24) is 20.3 Å². The number of carbonyl (C=O) groups is 1. The Kier molecular flexibility index (Phi) is 7.67. The molecule has 184 valence electrons. The van der Waals surface area contributed by atoms with E-state index in [0.29, 0.717) is 49.0 Å². The van der Waals surface area contributed by atoms with Gasteiger partial charge < -0.3 is 20.5 Å². The summed E-state index contributed by atoms with van der Waals surface area (Å²) in [6, 6.07) is 8.04. The molecule has 10 heteroatoms. The number of nitrogens with two attached hydrogens (primary N) is 1. The minimum absolute atomic E-state index is 0.0827. The Hall–Kier alpha value is -2.46. The number of unbranched alkanes of at least 4 members (excludes halogenated alkanes) is 1. The Morgan fingerprint density at radius 3 is 2.80 bits per heavy atom. The van der Waals surface area contributed by atoms with Crippen molar-refractivity contribution in [3.8, 4) is 11.4 Å². The fourth-order valence-electron chi connectivity index (χ4n) is 4.60. The summed E-state index contributed by atoms with van der Waals surface area (Å²) in [7, 11) is 0. The molecule has 2 aliphatic rings. The van der Waals surface area contributed by atoms with E-state index >= 15 is 0 Å². The number of nitrogens with zero attached hydrogens (tertiary/aromatic N) is 3. The number of benzene rings is 2. The predicted octanol–water partition coefficient (Wildman–Crippen LogP) is 4.37. The highest BCUT2D eigenvalue weighted by atomic mass is 35.5. The zero-order valence-electron chi connectivity index (χ0n) is 19.4. The first kappa shape index (κ1) is 24.2. The van der Waals surface area contributed by atoms with Gasteiger partial charge in [0, 0.05) is 37.0 Å². The smallest absolute Gasteiger partial charge is 0.224 e. The quantitative estimate of drug-likeness (QED) is 0.337. The van der Waals surface area contributed by atoms with Crippen molar-refractivity contribution in [3.63, 3.8) is 0 Å². The lowest BCUT2D eigenvalue weighted by molar-refractivity contribution is -0.127. The Morgan fingerprint density at radius 1 is 1.11 bits per heavy atom. The minimum Gasteiger partial charge on any atom is -0.381 e. The van der Waals surface area contributed by atoms with Crippen molar-refractivity contribution in [2.24, 2.45) is 5.92 Å². The molecule has 0 atom stereocenters. The monoisotopic (exact) mass is 513 g/mol. The Bertz CT molecular complexity index is 1240. The molecule has 1 aromatic heterocycles. The van der Waals surface area contributed by atoms with Gasteiger partial charge in [-0.25, -0.2) is 4.98 Å². The molecule has 2 aliphatic heterocycles. The first-order valence-electron chi connectivity index (χ1n) is 11.9. The van der Waals surface area contributed by atoms with Crippen LogP contribution in [0.15, 0.2) is 29.4 Å². The average Bonchev–Trinajstić information content (AvgIpc) is 2.86. The molecule has 3 aromatic rings. The number of anilines is 1. The van der Waals surface area contributed by atoms with Crippen molar-refractivity contribution in [2.75, 3.05) is 31.2 Å². The van der Waals surface area contributed by atoms with E-state index in [1.54, 1.807) is 0 Å². The molecule has 0 spiro atoms. The maximum atomic E-state index is 12.2. The second-order valence-corrected chi connectivity index (χ2v) is 10.2. The van der Waals surface area contributed by atoms with Gasteiger partial charge in [-0.3, -0.25) is 4.79 Å². The van der Waals surface area contributed by atoms with Crippen LogP contribution in [0.1, 0.15) is 36.8 Å². The van der Waals surface area contributed by atoms with E-state index in [-0.39, 0.29) is 17.8 Å². The Labute approximate surface area is 213 Å². The summed E-state index contributed by atoms with van der Waals surface area (Å²) < 4.78 is 11.0. The molecule has 5 rings (SSSR count). The lowest BCUT2D eigenvalue weighted by Crippen LogP contribution is -2.34. The number of halogens is 1. The van der Waals surface area contributed by atoms with Crippen LogP contribution in [-0.2, 0) is 27.5 Å². The number of hydrogen-bond donors (Lipinski definition) is 2. The lowest BCUT2D eigenvalue weighted by atomic mass is 9.94. The van der Waals surface area contributed by atoms with E-state index in [4.69, 9.17) is 26.8 Å². The normalized spacial score (nSPS) is 15.9. The first-order chi connectivity index (χ1) is 17.1. The van der Waals surface area contributed by atoms with E-state index in [1.165, 1.54) is 11.8 Å². The largest absolute Gasteiger partial charge is 0.381 e. The number of rotatable bonds is 8. The fraction of sp³-hybridized carbons (Fsp3) is 0.440. The fourth-order valence-corrected chi connectivity index (χ4v) is 5.76. The summed E-state index contributed by atoms with van der Waals surface area (Å²) >= 11 is 8.23. The van der Waals surface area contributed by atoms with Crippen LogP contribution in [-0.4, -0.2) is 46.4 Å². The molecular weight excluding hydrogens is 486 g/mol. The molecule has 0 aliphatic carbocycles. The number of carbonyl (C=O) groups excluding carboxylic acids is 1. The summed E-state index contributed by atoms with van der Waals surface area (Å²) in [4.78, 5) is 25.6. The van der Waals surface area contributed by atoms with Crippen molar-refractivity contribution in [1.29, 1.82) is 0 Å². The topological polar surface area (TPSA) is 112 Å². The van der Waals surface area contributed by atoms with Crippen LogP contribution in [0.2, 0.25) is 5.02 Å². The van der Waals surface area contributed by atoms with Gasteiger partial charge in [0.2, 0.25) is 11.9 Å². The summed E-state index contributed by atoms with van der Waals surface area (Å²) in [6.07, 6.45) is 3.42. The molecule has 0 unspecified atom stereocenters. The molecule has 8 nitrogen and oxygen atoms in total. The van der Waals surface area contributed by atoms with Gasteiger partial charge in [-0.15, -0.1) is 0 Å². The number of amides is 1. The van der Waals surface area contributed by atoms with Gasteiger partial charge in [0.1, 0.15) is 0 Å². The van der Waals surface area contributed by atoms with Crippen molar-refractivity contribution >= 4 is 46.0 Å². The zero-order valence-corrected chi connectivity index (χ0v) is 21.0. The second kappa shape index (κ2) is 11.1. The van der Waals surface area contributed by atoms with Gasteiger partial charge in [-0.2, -0.15) is 9.97 Å². The highest BCUT2D eigenvalue weighted by Gasteiger charge is 2.22. The Morgan fingerprint density at radius 2 is 1.94 bits per heavy atom. The minimum atomic E-state index is 0.0827. The number of nitrogen functional groups attached to an aromatic ring is 1. The standard InChI is InChI=1S/C25H28ClN5O3S/c26-19-12-17-14-34-13-16-4-3-5-18(20(16)17)21(19)22-29-24(27)31-25(30-22)35-11-2-1-8-28-23(32)15-6-9-33-10-7-15/h3-5,12,15H,1-2,6-11,13-14H2,(H,28,32)(H2,27,29,30,31). The average molecular weight is 514 g/mol. The zero-order chi connectivity index (χ0) is 24.2. The van der Waals surface area contributed by atoms with E-state index in [0.717, 1.165) is 58.9 Å². The first-order valence-corrected chi connectivity index (χ1v) is 13.3. The summed E-state index contributed by atoms with van der Waals surface area (Å²) in [5.41, 5.74) is 9.01. The van der Waals surface area contributed by atoms with Crippen molar-refractivity contribution < 1.29 is 14.3 Å². The van der Waals surface area contributed by atoms with Crippen LogP contribution in [0, 0.1) is 5.92 Å². The van der Waals surface area contributed by atoms with E-state index < -0.39 is 0 Å². The highest BCUT2D eigenvalue weighted by molar-refractivity contribution is 7.99. The third kappa shape index (κ3) is 5.53. The van der Waals surface area contributed by atoms with Crippen molar-refractivity contribution in [3.05, 3.63) is 40.4 Å². The van der Waals surface area contributed by atoms with Gasteiger partial charge in [0.25, 0.3) is 0 Å². The van der Waals surface area contributed by atoms with Crippen LogP contribution in [0.25, 0.3) is 22.2 Å². The van der Waals surface area contributed by atoms with E-state index in [9.17, 15) is 4.79 Å². The van der Waals surface area contributed by atoms with Gasteiger partial charge >= 0.3 is 0 Å². The SMILES string of the molecule is Nc1nc(SCCCCNC(=O)C2CCOCC2)nc(-c2c(Cl)cc3c4c(cccc24)COC3)n1. The van der Waals surface area contributed by atoms with Crippen LogP contribution < -0.4 is 11.1 Å². The number of thioether (sulfide) groups is 1. The number of ether oxygens (including phenoxy) is 2. The molecule has 1 fully saturated rings. The molecule has 1 saturated heterocycles. The summed E-state index contributed by atoms with van der Waals surface area (Å²) in [5.74, 6) is 1.68. The van der Waals surface area contributed by atoms with Gasteiger partial charge in [-0.05, 0) is 53.6 Å². The third-order valence-electron chi connectivity index (χ3n) is 6.35. The summed E-state index contributed by atoms with van der Waals surface area (Å²) in [6.45, 7) is 3.12. The molecular formula is C25H28ClN5O3S. The van der Waals surface area contributed by atoms with E-state index in [1.807, 2.05) is 18.2 Å². The summed E-state index contributed by atoms with van der Waals surface area (Å²) in [5, 5.41) is 6.32. The molecule has 0 bridgehead atoms. The maximum absolute atomic E-state index is 12.2. The van der Waals surface area contributed by atoms with Crippen LogP contribution in [0.3, 0.4) is 0 Å². The molecule has 35 heavy (non-hydrogen) atoms. The molecule has 2 aromatic carbocycles. The van der Waals surface area contributed by atoms with Crippen molar-refractivity contribution in [2.45, 2.75) is 44.1 Å². The van der Waals surface area contributed by atoms with Crippen LogP contribution in [0.4, 0.5) is 5.95 Å². The van der Waals surface area contributed by atoms with Crippen LogP contribution in [0.5, 0.6) is 0 Å². The second-order valence-electron chi connectivity index (χ2n) is 8.76. The molecule has 1 amide bonds. The van der Waals surface area contributed by atoms with Crippen LogP contribution >= 0.6 is 23.4 Å². The molecule has 0 radical (unpaired) electrons. The third-order valence-corrected chi connectivity index (χ3v) is 7.58. The molecule has 3 N–H and O–H groups in total. The van der Waals surface area contributed by atoms with Gasteiger partial charge in [0.05, 0.1) is 18.2 Å². The number of hydrogen-bond acceptors (Lipinski definition) is 8. The van der Waals surface area contributed by atoms with Gasteiger partial charge in [-0.1, -0.05) is 41.6 Å². The molecule has 3 heterocycles. The Balaban J connectivity index is 1.23. The van der Waals surface area contributed by atoms with Gasteiger partial charge in [0.15, 0.2) is 11.0 Å². The highest BCUT2D eigenvalue weighted by Crippen LogP contribution is 2.39. The molecule has 0 saturated carbocycles. The predicted molar refractivity (Wildman–Crippen MR) is 137 cm³/mol.